The van der Waals surface area contributed by atoms with Crippen LogP contribution in [-0.2, 0) is 6.54 Å². The van der Waals surface area contributed by atoms with E-state index in [0.717, 1.165) is 10.6 Å². The van der Waals surface area contributed by atoms with Gasteiger partial charge in [-0.3, -0.25) is 9.78 Å². The van der Waals surface area contributed by atoms with Gasteiger partial charge in [-0.25, -0.2) is 0 Å². The highest BCUT2D eigenvalue weighted by Crippen LogP contribution is 2.19. The molecule has 0 saturated carbocycles. The SMILES string of the molecule is Cc1cc(Cl)c(C(=O)N(C)Cc2cccs2)cn1. The number of aryl methyl sites for hydroxylation is 1. The van der Waals surface area contributed by atoms with E-state index in [-0.39, 0.29) is 5.91 Å². The Morgan fingerprint density at radius 3 is 2.94 bits per heavy atom. The lowest BCUT2D eigenvalue weighted by Crippen LogP contribution is -2.26. The molecule has 0 fully saturated rings. The maximum absolute atomic E-state index is 12.2. The first-order valence-electron chi connectivity index (χ1n) is 5.48. The lowest BCUT2D eigenvalue weighted by molar-refractivity contribution is 0.0786. The number of amides is 1. The maximum Gasteiger partial charge on any atom is 0.257 e. The molecule has 0 radical (unpaired) electrons. The van der Waals surface area contributed by atoms with Crippen LogP contribution in [0, 0.1) is 6.92 Å². The molecule has 18 heavy (non-hydrogen) atoms. The van der Waals surface area contributed by atoms with Gasteiger partial charge in [0, 0.05) is 23.8 Å². The summed E-state index contributed by atoms with van der Waals surface area (Å²) < 4.78 is 0. The zero-order valence-corrected chi connectivity index (χ0v) is 11.8. The Morgan fingerprint density at radius 2 is 2.33 bits per heavy atom. The normalized spacial score (nSPS) is 10.4. The summed E-state index contributed by atoms with van der Waals surface area (Å²) in [4.78, 5) is 19.1. The summed E-state index contributed by atoms with van der Waals surface area (Å²) in [7, 11) is 1.76. The molecule has 0 bridgehead atoms. The minimum atomic E-state index is -0.110. The predicted molar refractivity (Wildman–Crippen MR) is 74.1 cm³/mol. The highest BCUT2D eigenvalue weighted by molar-refractivity contribution is 7.09. The standard InChI is InChI=1S/C13H13ClN2OS/c1-9-6-12(14)11(7-15-9)13(17)16(2)8-10-4-3-5-18-10/h3-7H,8H2,1-2H3. The zero-order chi connectivity index (χ0) is 13.1. The third kappa shape index (κ3) is 2.89. The molecule has 0 aliphatic carbocycles. The van der Waals surface area contributed by atoms with Gasteiger partial charge in [0.25, 0.3) is 5.91 Å². The second-order valence-electron chi connectivity index (χ2n) is 4.05. The van der Waals surface area contributed by atoms with Gasteiger partial charge >= 0.3 is 0 Å². The van der Waals surface area contributed by atoms with Crippen molar-refractivity contribution in [2.75, 3.05) is 7.05 Å². The number of carbonyl (C=O) groups is 1. The first-order chi connectivity index (χ1) is 8.58. The van der Waals surface area contributed by atoms with Gasteiger partial charge < -0.3 is 4.90 Å². The molecule has 2 rings (SSSR count). The Hall–Kier alpha value is -1.39. The van der Waals surface area contributed by atoms with E-state index >= 15 is 0 Å². The first kappa shape index (κ1) is 13.1. The van der Waals surface area contributed by atoms with Gasteiger partial charge in [0.1, 0.15) is 0 Å². The van der Waals surface area contributed by atoms with Crippen molar-refractivity contribution in [3.63, 3.8) is 0 Å². The Balaban J connectivity index is 2.15. The Kier molecular flexibility index (Phi) is 3.99. The van der Waals surface area contributed by atoms with Crippen LogP contribution in [-0.4, -0.2) is 22.8 Å². The van der Waals surface area contributed by atoms with E-state index in [9.17, 15) is 4.79 Å². The fourth-order valence-corrected chi connectivity index (χ4v) is 2.64. The van der Waals surface area contributed by atoms with E-state index in [1.165, 1.54) is 6.20 Å². The molecule has 0 aromatic carbocycles. The van der Waals surface area contributed by atoms with E-state index in [1.807, 2.05) is 24.4 Å². The highest BCUT2D eigenvalue weighted by atomic mass is 35.5. The maximum atomic E-state index is 12.2. The smallest absolute Gasteiger partial charge is 0.257 e. The van der Waals surface area contributed by atoms with Crippen LogP contribution in [0.5, 0.6) is 0 Å². The molecule has 5 heteroatoms. The van der Waals surface area contributed by atoms with Gasteiger partial charge in [0.05, 0.1) is 17.1 Å². The van der Waals surface area contributed by atoms with Gasteiger partial charge in [-0.05, 0) is 24.4 Å². The van der Waals surface area contributed by atoms with Gasteiger partial charge in [-0.15, -0.1) is 11.3 Å². The molecule has 0 atom stereocenters. The summed E-state index contributed by atoms with van der Waals surface area (Å²) in [5.74, 6) is -0.110. The summed E-state index contributed by atoms with van der Waals surface area (Å²) in [5.41, 5.74) is 1.25. The zero-order valence-electron chi connectivity index (χ0n) is 10.2. The van der Waals surface area contributed by atoms with Gasteiger partial charge in [-0.1, -0.05) is 17.7 Å². The molecule has 2 heterocycles. The number of hydrogen-bond donors (Lipinski definition) is 0. The summed E-state index contributed by atoms with van der Waals surface area (Å²) in [5, 5.41) is 2.44. The van der Waals surface area contributed by atoms with Crippen LogP contribution in [0.4, 0.5) is 0 Å². The molecule has 3 nitrogen and oxygen atoms in total. The number of carbonyl (C=O) groups excluding carboxylic acids is 1. The molecular formula is C13H13ClN2OS. The van der Waals surface area contributed by atoms with Gasteiger partial charge in [-0.2, -0.15) is 0 Å². The molecule has 0 unspecified atom stereocenters. The summed E-state index contributed by atoms with van der Waals surface area (Å²) in [6.07, 6.45) is 1.53. The molecule has 0 N–H and O–H groups in total. The number of halogens is 1. The van der Waals surface area contributed by atoms with Crippen molar-refractivity contribution in [1.82, 2.24) is 9.88 Å². The predicted octanol–water partition coefficient (Wildman–Crippen LogP) is 3.38. The van der Waals surface area contributed by atoms with Crippen molar-refractivity contribution in [1.29, 1.82) is 0 Å². The second-order valence-corrected chi connectivity index (χ2v) is 5.49. The molecule has 2 aromatic rings. The Morgan fingerprint density at radius 1 is 1.56 bits per heavy atom. The van der Waals surface area contributed by atoms with Crippen LogP contribution >= 0.6 is 22.9 Å². The van der Waals surface area contributed by atoms with Crippen LogP contribution in [0.2, 0.25) is 5.02 Å². The number of pyridine rings is 1. The van der Waals surface area contributed by atoms with E-state index in [0.29, 0.717) is 17.1 Å². The second kappa shape index (κ2) is 5.50. The molecular weight excluding hydrogens is 268 g/mol. The molecule has 1 amide bonds. The molecule has 0 spiro atoms. The van der Waals surface area contributed by atoms with Crippen LogP contribution in [0.3, 0.4) is 0 Å². The summed E-state index contributed by atoms with van der Waals surface area (Å²) in [6, 6.07) is 5.68. The van der Waals surface area contributed by atoms with Crippen molar-refractivity contribution < 1.29 is 4.79 Å². The Labute approximate surface area is 115 Å². The first-order valence-corrected chi connectivity index (χ1v) is 6.73. The monoisotopic (exact) mass is 280 g/mol. The summed E-state index contributed by atoms with van der Waals surface area (Å²) in [6.45, 7) is 2.43. The largest absolute Gasteiger partial charge is 0.336 e. The van der Waals surface area contributed by atoms with Crippen molar-refractivity contribution in [2.24, 2.45) is 0 Å². The average Bonchev–Trinajstić information content (AvgIpc) is 2.81. The lowest BCUT2D eigenvalue weighted by atomic mass is 10.2. The average molecular weight is 281 g/mol. The minimum Gasteiger partial charge on any atom is -0.336 e. The number of hydrogen-bond acceptors (Lipinski definition) is 3. The highest BCUT2D eigenvalue weighted by Gasteiger charge is 2.16. The van der Waals surface area contributed by atoms with Gasteiger partial charge in [0.2, 0.25) is 0 Å². The third-order valence-electron chi connectivity index (χ3n) is 2.54. The number of rotatable bonds is 3. The van der Waals surface area contributed by atoms with E-state index in [1.54, 1.807) is 29.4 Å². The number of aromatic nitrogens is 1. The summed E-state index contributed by atoms with van der Waals surface area (Å²) >= 11 is 7.69. The van der Waals surface area contributed by atoms with Crippen LogP contribution in [0.25, 0.3) is 0 Å². The fraction of sp³-hybridized carbons (Fsp3) is 0.231. The van der Waals surface area contributed by atoms with Crippen LogP contribution < -0.4 is 0 Å². The van der Waals surface area contributed by atoms with Crippen LogP contribution in [0.1, 0.15) is 20.9 Å². The van der Waals surface area contributed by atoms with Crippen molar-refractivity contribution in [3.05, 3.63) is 50.9 Å². The van der Waals surface area contributed by atoms with Gasteiger partial charge in [0.15, 0.2) is 0 Å². The van der Waals surface area contributed by atoms with Crippen molar-refractivity contribution in [3.8, 4) is 0 Å². The van der Waals surface area contributed by atoms with E-state index in [2.05, 4.69) is 4.98 Å². The Bertz CT molecular complexity index is 554. The van der Waals surface area contributed by atoms with E-state index < -0.39 is 0 Å². The number of thiophene rings is 1. The molecule has 0 aliphatic heterocycles. The van der Waals surface area contributed by atoms with Crippen molar-refractivity contribution >= 4 is 28.8 Å². The van der Waals surface area contributed by atoms with Crippen molar-refractivity contribution in [2.45, 2.75) is 13.5 Å². The third-order valence-corrected chi connectivity index (χ3v) is 3.71. The fourth-order valence-electron chi connectivity index (χ4n) is 1.60. The molecule has 94 valence electrons. The minimum absolute atomic E-state index is 0.110. The lowest BCUT2D eigenvalue weighted by Gasteiger charge is -2.16. The van der Waals surface area contributed by atoms with E-state index in [4.69, 9.17) is 11.6 Å². The quantitative estimate of drug-likeness (QED) is 0.863. The molecule has 0 saturated heterocycles. The molecule has 2 aromatic heterocycles. The molecule has 0 aliphatic rings. The van der Waals surface area contributed by atoms with Crippen LogP contribution in [0.15, 0.2) is 29.8 Å². The topological polar surface area (TPSA) is 33.2 Å². The number of nitrogens with zero attached hydrogens (tertiary/aromatic N) is 2.